The molecule has 1 saturated heterocycles. The number of rotatable bonds is 4. The van der Waals surface area contributed by atoms with Crippen LogP contribution >= 0.6 is 0 Å². The Bertz CT molecular complexity index is 881. The molecular weight excluding hydrogens is 358 g/mol. The molecule has 0 spiro atoms. The van der Waals surface area contributed by atoms with Crippen LogP contribution in [-0.2, 0) is 14.8 Å². The summed E-state index contributed by atoms with van der Waals surface area (Å²) in [7, 11) is -3.63. The summed E-state index contributed by atoms with van der Waals surface area (Å²) in [6.45, 7) is 6.02. The molecule has 2 atom stereocenters. The van der Waals surface area contributed by atoms with Crippen LogP contribution in [0.2, 0.25) is 0 Å². The van der Waals surface area contributed by atoms with Gasteiger partial charge in [-0.2, -0.15) is 4.31 Å². The summed E-state index contributed by atoms with van der Waals surface area (Å²) in [5, 5.41) is 6.28. The zero-order chi connectivity index (χ0) is 18.9. The van der Waals surface area contributed by atoms with E-state index in [-0.39, 0.29) is 17.1 Å². The number of hydrogen-bond donors (Lipinski definition) is 1. The normalized spacial score (nSPS) is 21.5. The van der Waals surface area contributed by atoms with E-state index in [0.717, 1.165) is 0 Å². The van der Waals surface area contributed by atoms with E-state index in [9.17, 15) is 13.2 Å². The number of aryl methyl sites for hydroxylation is 1. The van der Waals surface area contributed by atoms with E-state index in [4.69, 9.17) is 9.26 Å². The zero-order valence-corrected chi connectivity index (χ0v) is 15.6. The van der Waals surface area contributed by atoms with Gasteiger partial charge in [-0.1, -0.05) is 5.16 Å². The summed E-state index contributed by atoms with van der Waals surface area (Å²) in [6, 6.07) is 7.41. The number of sulfonamides is 1. The number of carbonyl (C=O) groups is 1. The highest BCUT2D eigenvalue weighted by Gasteiger charge is 2.32. The molecule has 2 heterocycles. The molecule has 1 aliphatic heterocycles. The van der Waals surface area contributed by atoms with Gasteiger partial charge in [0, 0.05) is 24.7 Å². The van der Waals surface area contributed by atoms with Crippen LogP contribution in [0.3, 0.4) is 0 Å². The first kappa shape index (κ1) is 18.6. The molecule has 0 aliphatic carbocycles. The van der Waals surface area contributed by atoms with Crippen molar-refractivity contribution in [3.8, 4) is 0 Å². The average molecular weight is 379 g/mol. The standard InChI is InChI=1S/C17H21N3O5S/c1-11-8-16(19-25-11)18-17(21)14-4-6-15(7-5-14)26(22,23)20-9-12(2)24-13(3)10-20/h4-8,12-13H,9-10H2,1-3H3,(H,18,19,21)/t12-,13-/m0/s1. The predicted octanol–water partition coefficient (Wildman–Crippen LogP) is 2.03. The van der Waals surface area contributed by atoms with Crippen molar-refractivity contribution in [1.82, 2.24) is 9.46 Å². The van der Waals surface area contributed by atoms with E-state index in [0.29, 0.717) is 30.2 Å². The molecule has 140 valence electrons. The molecule has 0 unspecified atom stereocenters. The van der Waals surface area contributed by atoms with Crippen LogP contribution in [-0.4, -0.2) is 49.1 Å². The fraction of sp³-hybridized carbons (Fsp3) is 0.412. The number of hydrogen-bond acceptors (Lipinski definition) is 6. The molecule has 8 nitrogen and oxygen atoms in total. The Morgan fingerprint density at radius 3 is 2.35 bits per heavy atom. The average Bonchev–Trinajstić information content (AvgIpc) is 2.99. The van der Waals surface area contributed by atoms with Gasteiger partial charge in [-0.15, -0.1) is 0 Å². The smallest absolute Gasteiger partial charge is 0.256 e. The number of ether oxygens (including phenoxy) is 1. The van der Waals surface area contributed by atoms with Gasteiger partial charge in [0.25, 0.3) is 5.91 Å². The van der Waals surface area contributed by atoms with Crippen LogP contribution in [0.15, 0.2) is 39.8 Å². The van der Waals surface area contributed by atoms with E-state index in [1.54, 1.807) is 13.0 Å². The summed E-state index contributed by atoms with van der Waals surface area (Å²) in [5.41, 5.74) is 0.327. The van der Waals surface area contributed by atoms with E-state index >= 15 is 0 Å². The number of nitrogens with zero attached hydrogens (tertiary/aromatic N) is 2. The van der Waals surface area contributed by atoms with Gasteiger partial charge in [0.1, 0.15) is 5.76 Å². The number of carbonyl (C=O) groups excluding carboxylic acids is 1. The van der Waals surface area contributed by atoms with Gasteiger partial charge in [-0.05, 0) is 45.0 Å². The number of anilines is 1. The monoisotopic (exact) mass is 379 g/mol. The predicted molar refractivity (Wildman–Crippen MR) is 94.4 cm³/mol. The van der Waals surface area contributed by atoms with Gasteiger partial charge in [-0.25, -0.2) is 8.42 Å². The van der Waals surface area contributed by atoms with E-state index in [2.05, 4.69) is 10.5 Å². The van der Waals surface area contributed by atoms with Crippen molar-refractivity contribution in [2.24, 2.45) is 0 Å². The van der Waals surface area contributed by atoms with Gasteiger partial charge in [0.15, 0.2) is 5.82 Å². The summed E-state index contributed by atoms with van der Waals surface area (Å²) in [4.78, 5) is 12.3. The Kier molecular flexibility index (Phi) is 5.12. The molecular formula is C17H21N3O5S. The number of amides is 1. The van der Waals surface area contributed by atoms with Crippen molar-refractivity contribution < 1.29 is 22.5 Å². The molecule has 26 heavy (non-hydrogen) atoms. The molecule has 1 fully saturated rings. The maximum Gasteiger partial charge on any atom is 0.256 e. The van der Waals surface area contributed by atoms with Crippen LogP contribution in [0.25, 0.3) is 0 Å². The Balaban J connectivity index is 1.75. The molecule has 0 bridgehead atoms. The molecule has 3 rings (SSSR count). The van der Waals surface area contributed by atoms with Crippen molar-refractivity contribution in [1.29, 1.82) is 0 Å². The van der Waals surface area contributed by atoms with Gasteiger partial charge in [0.05, 0.1) is 17.1 Å². The van der Waals surface area contributed by atoms with Crippen molar-refractivity contribution >= 4 is 21.7 Å². The fourth-order valence-electron chi connectivity index (χ4n) is 2.87. The van der Waals surface area contributed by atoms with Crippen LogP contribution in [0.1, 0.15) is 30.0 Å². The van der Waals surface area contributed by atoms with E-state index in [1.165, 1.54) is 28.6 Å². The molecule has 1 N–H and O–H groups in total. The zero-order valence-electron chi connectivity index (χ0n) is 14.8. The Labute approximate surface area is 152 Å². The second-order valence-corrected chi connectivity index (χ2v) is 8.32. The highest BCUT2D eigenvalue weighted by Crippen LogP contribution is 2.21. The van der Waals surface area contributed by atoms with Gasteiger partial charge >= 0.3 is 0 Å². The maximum absolute atomic E-state index is 12.8. The summed E-state index contributed by atoms with van der Waals surface area (Å²) in [6.07, 6.45) is -0.325. The van der Waals surface area contributed by atoms with Crippen molar-refractivity contribution in [2.45, 2.75) is 37.9 Å². The highest BCUT2D eigenvalue weighted by molar-refractivity contribution is 7.89. The molecule has 0 radical (unpaired) electrons. The minimum Gasteiger partial charge on any atom is -0.373 e. The molecule has 1 amide bonds. The van der Waals surface area contributed by atoms with Crippen molar-refractivity contribution in [2.75, 3.05) is 18.4 Å². The Morgan fingerprint density at radius 2 is 1.81 bits per heavy atom. The van der Waals surface area contributed by atoms with Crippen LogP contribution in [0.5, 0.6) is 0 Å². The lowest BCUT2D eigenvalue weighted by molar-refractivity contribution is -0.0440. The lowest BCUT2D eigenvalue weighted by atomic mass is 10.2. The van der Waals surface area contributed by atoms with Crippen LogP contribution < -0.4 is 5.32 Å². The molecule has 1 aromatic carbocycles. The summed E-state index contributed by atoms with van der Waals surface area (Å²) in [5.74, 6) is 0.493. The first-order valence-electron chi connectivity index (χ1n) is 8.26. The highest BCUT2D eigenvalue weighted by atomic mass is 32.2. The second kappa shape index (κ2) is 7.18. The molecule has 2 aromatic rings. The first-order valence-corrected chi connectivity index (χ1v) is 9.70. The maximum atomic E-state index is 12.8. The van der Waals surface area contributed by atoms with Crippen LogP contribution in [0, 0.1) is 6.92 Å². The molecule has 9 heteroatoms. The third-order valence-corrected chi connectivity index (χ3v) is 5.86. The van der Waals surface area contributed by atoms with Crippen molar-refractivity contribution in [3.63, 3.8) is 0 Å². The first-order chi connectivity index (χ1) is 12.3. The van der Waals surface area contributed by atoms with E-state index < -0.39 is 15.9 Å². The van der Waals surface area contributed by atoms with Gasteiger partial charge < -0.3 is 14.6 Å². The van der Waals surface area contributed by atoms with Crippen molar-refractivity contribution in [3.05, 3.63) is 41.7 Å². The van der Waals surface area contributed by atoms with E-state index in [1.807, 2.05) is 13.8 Å². The SMILES string of the molecule is Cc1cc(NC(=O)c2ccc(S(=O)(=O)N3C[C@H](C)O[C@@H](C)C3)cc2)no1. The topological polar surface area (TPSA) is 102 Å². The molecule has 1 aromatic heterocycles. The molecule has 0 saturated carbocycles. The second-order valence-electron chi connectivity index (χ2n) is 6.38. The minimum atomic E-state index is -3.63. The lowest BCUT2D eigenvalue weighted by Gasteiger charge is -2.34. The van der Waals surface area contributed by atoms with Gasteiger partial charge in [0.2, 0.25) is 10.0 Å². The lowest BCUT2D eigenvalue weighted by Crippen LogP contribution is -2.48. The number of morpholine rings is 1. The van der Waals surface area contributed by atoms with Crippen LogP contribution in [0.4, 0.5) is 5.82 Å². The third kappa shape index (κ3) is 3.95. The minimum absolute atomic E-state index is 0.146. The fourth-order valence-corrected chi connectivity index (χ4v) is 4.46. The number of benzene rings is 1. The largest absolute Gasteiger partial charge is 0.373 e. The Hall–Kier alpha value is -2.23. The molecule has 1 aliphatic rings. The quantitative estimate of drug-likeness (QED) is 0.872. The Morgan fingerprint density at radius 1 is 1.19 bits per heavy atom. The summed E-state index contributed by atoms with van der Waals surface area (Å²) < 4.78 is 37.5. The number of aromatic nitrogens is 1. The summed E-state index contributed by atoms with van der Waals surface area (Å²) >= 11 is 0. The third-order valence-electron chi connectivity index (χ3n) is 4.01. The van der Waals surface area contributed by atoms with Gasteiger partial charge in [-0.3, -0.25) is 4.79 Å². The number of nitrogens with one attached hydrogen (secondary N) is 1.